The molecule has 0 spiro atoms. The number of rotatable bonds is 16. The standard InChI is InChI=1S/C40H55N3O9S/c1-7-22-50-40-36(43(6)53(48,49)30-17-14-28(15-18-30)41-26(2)46)25-34(42-52-39(3,4)5)32-23-27(12-8-10-20-44)31(13-9-11-21-45)37(38(32)40)33-24-29(47)16-19-35(33)51-40/h7,14-19,23-24,27,31,36-38,44-45,47H,1,8-13,20-22,25H2,2-6H3,(H,41,46)/t27-,31+,36-,37+,38+,40+/m0/s1. The highest BCUT2D eigenvalue weighted by atomic mass is 32.2. The van der Waals surface area contributed by atoms with Crippen LogP contribution in [0.3, 0.4) is 0 Å². The summed E-state index contributed by atoms with van der Waals surface area (Å²) in [4.78, 5) is 17.7. The van der Waals surface area contributed by atoms with Gasteiger partial charge in [-0.2, -0.15) is 4.31 Å². The molecule has 0 bridgehead atoms. The van der Waals surface area contributed by atoms with Gasteiger partial charge >= 0.3 is 0 Å². The number of unbranched alkanes of at least 4 members (excludes halogenated alkanes) is 2. The monoisotopic (exact) mass is 753 g/mol. The molecule has 2 aromatic rings. The number of aliphatic hydroxyl groups excluding tert-OH is 2. The zero-order valence-corrected chi connectivity index (χ0v) is 32.3. The fourth-order valence-electron chi connectivity index (χ4n) is 8.15. The number of phenolic OH excluding ortho intramolecular Hbond substituents is 1. The van der Waals surface area contributed by atoms with Gasteiger partial charge in [0.1, 0.15) is 17.1 Å². The highest BCUT2D eigenvalue weighted by molar-refractivity contribution is 7.89. The van der Waals surface area contributed by atoms with Crippen molar-refractivity contribution in [1.29, 1.82) is 0 Å². The van der Waals surface area contributed by atoms with Gasteiger partial charge in [0.05, 0.1) is 29.2 Å². The van der Waals surface area contributed by atoms with Crippen LogP contribution in [0.15, 0.2) is 76.8 Å². The van der Waals surface area contributed by atoms with Gasteiger partial charge in [-0.05, 0) is 106 Å². The van der Waals surface area contributed by atoms with Crippen LogP contribution in [-0.2, 0) is 24.4 Å². The summed E-state index contributed by atoms with van der Waals surface area (Å²) in [5.74, 6) is -2.18. The van der Waals surface area contributed by atoms with Crippen LogP contribution >= 0.6 is 0 Å². The lowest BCUT2D eigenvalue weighted by Gasteiger charge is -2.59. The molecule has 3 aliphatic rings. The number of carbonyl (C=O) groups excluding carboxylic acids is 1. The Kier molecular flexibility index (Phi) is 12.8. The lowest BCUT2D eigenvalue weighted by Crippen LogP contribution is -2.69. The molecule has 1 saturated carbocycles. The number of nitrogens with zero attached hydrogens (tertiary/aromatic N) is 2. The number of amides is 1. The lowest BCUT2D eigenvalue weighted by atomic mass is 9.55. The van der Waals surface area contributed by atoms with Gasteiger partial charge in [0, 0.05) is 50.8 Å². The minimum absolute atomic E-state index is 0.0167. The normalized spacial score (nSPS) is 25.9. The van der Waals surface area contributed by atoms with Crippen molar-refractivity contribution in [2.75, 3.05) is 32.2 Å². The number of likely N-dealkylation sites (N-methyl/N-ethyl adjacent to an activating group) is 1. The van der Waals surface area contributed by atoms with Crippen molar-refractivity contribution < 1.29 is 42.8 Å². The Morgan fingerprint density at radius 3 is 2.40 bits per heavy atom. The first kappa shape index (κ1) is 40.4. The van der Waals surface area contributed by atoms with Gasteiger partial charge in [-0.15, -0.1) is 6.58 Å². The Hall–Kier alpha value is -3.75. The summed E-state index contributed by atoms with van der Waals surface area (Å²) in [5, 5.41) is 37.7. The van der Waals surface area contributed by atoms with Crippen LogP contribution in [0.5, 0.6) is 11.5 Å². The second-order valence-electron chi connectivity index (χ2n) is 15.2. The first-order valence-electron chi connectivity index (χ1n) is 18.5. The minimum Gasteiger partial charge on any atom is -0.508 e. The Balaban J connectivity index is 1.76. The van der Waals surface area contributed by atoms with E-state index in [0.717, 1.165) is 36.8 Å². The maximum Gasteiger partial charge on any atom is 0.243 e. The van der Waals surface area contributed by atoms with Crippen molar-refractivity contribution in [3.05, 3.63) is 72.3 Å². The van der Waals surface area contributed by atoms with Crippen molar-refractivity contribution >= 4 is 27.3 Å². The van der Waals surface area contributed by atoms with E-state index in [9.17, 15) is 28.5 Å². The number of oxime groups is 1. The number of benzene rings is 2. The molecule has 1 aliphatic heterocycles. The van der Waals surface area contributed by atoms with E-state index in [4.69, 9.17) is 19.5 Å². The first-order chi connectivity index (χ1) is 25.2. The highest BCUT2D eigenvalue weighted by Crippen LogP contribution is 2.62. The van der Waals surface area contributed by atoms with Crippen molar-refractivity contribution in [1.82, 2.24) is 4.31 Å². The fourth-order valence-corrected chi connectivity index (χ4v) is 9.52. The second kappa shape index (κ2) is 16.7. The number of fused-ring (bicyclic) bond motifs is 2. The van der Waals surface area contributed by atoms with Crippen LogP contribution in [0, 0.1) is 17.8 Å². The molecular formula is C40H55N3O9S. The summed E-state index contributed by atoms with van der Waals surface area (Å²) in [6.45, 7) is 11.2. The molecule has 53 heavy (non-hydrogen) atoms. The van der Waals surface area contributed by atoms with E-state index in [-0.39, 0.29) is 60.5 Å². The van der Waals surface area contributed by atoms with Gasteiger partial charge in [-0.3, -0.25) is 4.79 Å². The van der Waals surface area contributed by atoms with E-state index < -0.39 is 33.4 Å². The molecule has 2 aliphatic carbocycles. The summed E-state index contributed by atoms with van der Waals surface area (Å²) in [6, 6.07) is 10.0. The maximum atomic E-state index is 14.6. The molecular weight excluding hydrogens is 699 g/mol. The molecule has 0 unspecified atom stereocenters. The van der Waals surface area contributed by atoms with E-state index in [1.807, 2.05) is 20.8 Å². The number of ether oxygens (including phenoxy) is 2. The van der Waals surface area contributed by atoms with Crippen LogP contribution in [0.25, 0.3) is 0 Å². The molecule has 2 aromatic carbocycles. The van der Waals surface area contributed by atoms with Crippen LogP contribution in [0.1, 0.15) is 84.1 Å². The smallest absolute Gasteiger partial charge is 0.243 e. The van der Waals surface area contributed by atoms with Crippen molar-refractivity contribution in [3.8, 4) is 11.5 Å². The van der Waals surface area contributed by atoms with Crippen LogP contribution < -0.4 is 10.1 Å². The van der Waals surface area contributed by atoms with Crippen molar-refractivity contribution in [3.63, 3.8) is 0 Å². The second-order valence-corrected chi connectivity index (χ2v) is 17.2. The van der Waals surface area contributed by atoms with Crippen LogP contribution in [-0.4, -0.2) is 84.0 Å². The number of hydrogen-bond donors (Lipinski definition) is 4. The van der Waals surface area contributed by atoms with Gasteiger partial charge in [0.15, 0.2) is 0 Å². The molecule has 5 rings (SSSR count). The summed E-state index contributed by atoms with van der Waals surface area (Å²) < 4.78 is 44.3. The third-order valence-corrected chi connectivity index (χ3v) is 12.3. The third kappa shape index (κ3) is 8.65. The van der Waals surface area contributed by atoms with E-state index in [1.165, 1.54) is 30.4 Å². The maximum absolute atomic E-state index is 14.6. The van der Waals surface area contributed by atoms with Gasteiger partial charge in [-0.1, -0.05) is 30.1 Å². The molecule has 0 radical (unpaired) electrons. The predicted molar refractivity (Wildman–Crippen MR) is 203 cm³/mol. The van der Waals surface area contributed by atoms with E-state index in [0.29, 0.717) is 30.0 Å². The first-order valence-corrected chi connectivity index (χ1v) is 19.9. The topological polar surface area (TPSA) is 167 Å². The van der Waals surface area contributed by atoms with Gasteiger partial charge in [-0.25, -0.2) is 8.42 Å². The van der Waals surface area contributed by atoms with Crippen molar-refractivity contribution in [2.24, 2.45) is 22.9 Å². The van der Waals surface area contributed by atoms with Gasteiger partial charge in [0.25, 0.3) is 0 Å². The Bertz CT molecular complexity index is 1790. The summed E-state index contributed by atoms with van der Waals surface area (Å²) in [6.07, 6.45) is 8.25. The fraction of sp³-hybridized carbons (Fsp3) is 0.550. The molecule has 1 amide bonds. The van der Waals surface area contributed by atoms with Gasteiger partial charge in [0.2, 0.25) is 21.7 Å². The minimum atomic E-state index is -4.20. The number of carbonyl (C=O) groups is 1. The zero-order valence-electron chi connectivity index (χ0n) is 31.5. The quantitative estimate of drug-likeness (QED) is 0.0900. The molecule has 12 nitrogen and oxygen atoms in total. The number of allylic oxidation sites excluding steroid dienone is 1. The third-order valence-electron chi connectivity index (χ3n) is 10.4. The van der Waals surface area contributed by atoms with E-state index in [2.05, 4.69) is 18.0 Å². The number of aromatic hydroxyl groups is 1. The molecule has 290 valence electrons. The predicted octanol–water partition coefficient (Wildman–Crippen LogP) is 6.10. The van der Waals surface area contributed by atoms with Crippen LogP contribution in [0.2, 0.25) is 0 Å². The molecule has 0 saturated heterocycles. The molecule has 6 atom stereocenters. The molecule has 4 N–H and O–H groups in total. The zero-order chi connectivity index (χ0) is 38.6. The Labute approximate surface area is 313 Å². The van der Waals surface area contributed by atoms with Crippen LogP contribution in [0.4, 0.5) is 5.69 Å². The Morgan fingerprint density at radius 2 is 1.77 bits per heavy atom. The average molecular weight is 754 g/mol. The average Bonchev–Trinajstić information content (AvgIpc) is 3.10. The highest BCUT2D eigenvalue weighted by Gasteiger charge is 2.65. The molecule has 0 aromatic heterocycles. The summed E-state index contributed by atoms with van der Waals surface area (Å²) in [7, 11) is -2.69. The number of anilines is 1. The summed E-state index contributed by atoms with van der Waals surface area (Å²) in [5.41, 5.74) is 2.02. The number of sulfonamides is 1. The van der Waals surface area contributed by atoms with E-state index >= 15 is 0 Å². The largest absolute Gasteiger partial charge is 0.508 e. The van der Waals surface area contributed by atoms with E-state index in [1.54, 1.807) is 36.4 Å². The van der Waals surface area contributed by atoms with Crippen molar-refractivity contribution in [2.45, 2.75) is 101 Å². The molecule has 1 heterocycles. The molecule has 1 fully saturated rings. The van der Waals surface area contributed by atoms with Gasteiger partial charge < -0.3 is 34.9 Å². The lowest BCUT2D eigenvalue weighted by molar-refractivity contribution is -0.250. The molecule has 13 heteroatoms. The number of aliphatic hydroxyl groups is 2. The number of nitrogens with one attached hydrogen (secondary N) is 1. The number of phenols is 1. The SMILES string of the molecule is C=CCO[C@@]12Oc3ccc(O)cc3[C@H]3[C@H](CCCCO)[C@@H](CCCCO)C=C(C(=NOC(C)(C)C)C[C@@H]1N(C)S(=O)(=O)c1ccc(NC(C)=O)cc1)[C@H]32. The number of hydrogen-bond acceptors (Lipinski definition) is 10. The Morgan fingerprint density at radius 1 is 1.09 bits per heavy atom. The summed E-state index contributed by atoms with van der Waals surface area (Å²) >= 11 is 0.